The number of nitrogens with zero attached hydrogens (tertiary/aromatic N) is 4. The zero-order valence-corrected chi connectivity index (χ0v) is 17.4. The van der Waals surface area contributed by atoms with Crippen molar-refractivity contribution in [1.82, 2.24) is 25.4 Å². The molecule has 0 aliphatic carbocycles. The van der Waals surface area contributed by atoms with Gasteiger partial charge in [-0.3, -0.25) is 14.5 Å². The summed E-state index contributed by atoms with van der Waals surface area (Å²) in [5, 5.41) is 5.42. The summed E-state index contributed by atoms with van der Waals surface area (Å²) in [4.78, 5) is 46.4. The van der Waals surface area contributed by atoms with E-state index in [1.54, 1.807) is 20.0 Å². The fourth-order valence-electron chi connectivity index (χ4n) is 3.52. The second-order valence-corrected chi connectivity index (χ2v) is 7.98. The summed E-state index contributed by atoms with van der Waals surface area (Å²) >= 11 is 0. The average molecular weight is 402 g/mol. The SMILES string of the molecule is CCN1CCN(c2ccc(CNC(=O)CCN3C(=O)NC(C)(C)C3=O)cn2)CC1. The van der Waals surface area contributed by atoms with Gasteiger partial charge in [0.2, 0.25) is 5.91 Å². The molecule has 2 saturated heterocycles. The van der Waals surface area contributed by atoms with Gasteiger partial charge in [-0.2, -0.15) is 0 Å². The van der Waals surface area contributed by atoms with Crippen LogP contribution in [0.4, 0.5) is 10.6 Å². The van der Waals surface area contributed by atoms with E-state index in [-0.39, 0.29) is 24.8 Å². The van der Waals surface area contributed by atoms with Crippen LogP contribution in [0.5, 0.6) is 0 Å². The molecule has 2 fully saturated rings. The van der Waals surface area contributed by atoms with Crippen LogP contribution in [0.25, 0.3) is 0 Å². The summed E-state index contributed by atoms with van der Waals surface area (Å²) in [6.07, 6.45) is 1.85. The van der Waals surface area contributed by atoms with Crippen molar-refractivity contribution in [3.8, 4) is 0 Å². The Morgan fingerprint density at radius 2 is 1.93 bits per heavy atom. The molecule has 0 unspecified atom stereocenters. The first kappa shape index (κ1) is 21.0. The molecule has 1 aromatic rings. The van der Waals surface area contributed by atoms with Crippen molar-refractivity contribution >= 4 is 23.7 Å². The van der Waals surface area contributed by atoms with E-state index in [9.17, 15) is 14.4 Å². The van der Waals surface area contributed by atoms with E-state index in [0.717, 1.165) is 49.0 Å². The number of urea groups is 1. The number of aromatic nitrogens is 1. The van der Waals surface area contributed by atoms with Crippen molar-refractivity contribution in [2.75, 3.05) is 44.2 Å². The van der Waals surface area contributed by atoms with Gasteiger partial charge in [0.1, 0.15) is 11.4 Å². The van der Waals surface area contributed by atoms with E-state index in [1.807, 2.05) is 12.1 Å². The Labute approximate surface area is 171 Å². The molecular weight excluding hydrogens is 372 g/mol. The molecule has 0 atom stereocenters. The van der Waals surface area contributed by atoms with Gasteiger partial charge in [0, 0.05) is 51.9 Å². The van der Waals surface area contributed by atoms with E-state index in [2.05, 4.69) is 32.3 Å². The first-order chi connectivity index (χ1) is 13.8. The number of rotatable bonds is 7. The van der Waals surface area contributed by atoms with Gasteiger partial charge in [0.25, 0.3) is 5.91 Å². The summed E-state index contributed by atoms with van der Waals surface area (Å²) in [7, 11) is 0. The Hall–Kier alpha value is -2.68. The first-order valence-corrected chi connectivity index (χ1v) is 10.1. The van der Waals surface area contributed by atoms with Gasteiger partial charge in [-0.25, -0.2) is 9.78 Å². The number of anilines is 1. The van der Waals surface area contributed by atoms with Gasteiger partial charge in [-0.05, 0) is 32.0 Å². The maximum atomic E-state index is 12.1. The van der Waals surface area contributed by atoms with Crippen LogP contribution in [-0.2, 0) is 16.1 Å². The molecule has 9 nitrogen and oxygen atoms in total. The van der Waals surface area contributed by atoms with Crippen LogP contribution in [-0.4, -0.2) is 77.4 Å². The van der Waals surface area contributed by atoms with Gasteiger partial charge in [-0.15, -0.1) is 0 Å². The minimum Gasteiger partial charge on any atom is -0.354 e. The van der Waals surface area contributed by atoms with E-state index in [4.69, 9.17) is 0 Å². The lowest BCUT2D eigenvalue weighted by atomic mass is 10.1. The number of hydrogen-bond donors (Lipinski definition) is 2. The Kier molecular flexibility index (Phi) is 6.36. The maximum Gasteiger partial charge on any atom is 0.325 e. The third-order valence-corrected chi connectivity index (χ3v) is 5.45. The van der Waals surface area contributed by atoms with Crippen molar-refractivity contribution in [1.29, 1.82) is 0 Å². The molecule has 29 heavy (non-hydrogen) atoms. The smallest absolute Gasteiger partial charge is 0.325 e. The van der Waals surface area contributed by atoms with Gasteiger partial charge in [0.15, 0.2) is 0 Å². The molecule has 2 aliphatic rings. The first-order valence-electron chi connectivity index (χ1n) is 10.1. The molecular formula is C20H30N6O3. The minimum atomic E-state index is -0.913. The number of carbonyl (C=O) groups excluding carboxylic acids is 3. The largest absolute Gasteiger partial charge is 0.354 e. The minimum absolute atomic E-state index is 0.0703. The molecule has 2 N–H and O–H groups in total. The van der Waals surface area contributed by atoms with E-state index < -0.39 is 11.6 Å². The van der Waals surface area contributed by atoms with Crippen LogP contribution in [0.15, 0.2) is 18.3 Å². The zero-order chi connectivity index (χ0) is 21.0. The van der Waals surface area contributed by atoms with Crippen LogP contribution in [0.3, 0.4) is 0 Å². The fourth-order valence-corrected chi connectivity index (χ4v) is 3.52. The molecule has 0 bridgehead atoms. The molecule has 4 amide bonds. The number of amides is 4. The molecule has 2 aliphatic heterocycles. The highest BCUT2D eigenvalue weighted by atomic mass is 16.2. The monoisotopic (exact) mass is 402 g/mol. The molecule has 3 heterocycles. The number of carbonyl (C=O) groups is 3. The zero-order valence-electron chi connectivity index (χ0n) is 17.4. The van der Waals surface area contributed by atoms with E-state index >= 15 is 0 Å². The number of imide groups is 1. The van der Waals surface area contributed by atoms with Crippen LogP contribution < -0.4 is 15.5 Å². The van der Waals surface area contributed by atoms with Crippen molar-refractivity contribution in [3.63, 3.8) is 0 Å². The summed E-state index contributed by atoms with van der Waals surface area (Å²) in [6, 6.07) is 3.50. The van der Waals surface area contributed by atoms with Crippen LogP contribution >= 0.6 is 0 Å². The number of likely N-dealkylation sites (N-methyl/N-ethyl adjacent to an activating group) is 1. The normalized spacial score (nSPS) is 19.4. The number of pyridine rings is 1. The lowest BCUT2D eigenvalue weighted by molar-refractivity contribution is -0.130. The Bertz CT molecular complexity index is 756. The molecule has 1 aromatic heterocycles. The molecule has 0 radical (unpaired) electrons. The number of hydrogen-bond acceptors (Lipinski definition) is 6. The summed E-state index contributed by atoms with van der Waals surface area (Å²) in [6.45, 7) is 11.0. The van der Waals surface area contributed by atoms with E-state index in [0.29, 0.717) is 6.54 Å². The molecule has 0 spiro atoms. The quantitative estimate of drug-likeness (QED) is 0.647. The topological polar surface area (TPSA) is 97.9 Å². The van der Waals surface area contributed by atoms with Crippen molar-refractivity contribution in [2.24, 2.45) is 0 Å². The van der Waals surface area contributed by atoms with Gasteiger partial charge >= 0.3 is 6.03 Å². The second kappa shape index (κ2) is 8.77. The maximum absolute atomic E-state index is 12.1. The Morgan fingerprint density at radius 1 is 1.21 bits per heavy atom. The molecule has 0 saturated carbocycles. The van der Waals surface area contributed by atoms with Crippen LogP contribution in [0.1, 0.15) is 32.8 Å². The molecule has 158 valence electrons. The third-order valence-electron chi connectivity index (χ3n) is 5.45. The Morgan fingerprint density at radius 3 is 2.48 bits per heavy atom. The lowest BCUT2D eigenvalue weighted by Gasteiger charge is -2.34. The summed E-state index contributed by atoms with van der Waals surface area (Å²) in [5.74, 6) is 0.432. The highest BCUT2D eigenvalue weighted by Crippen LogP contribution is 2.17. The average Bonchev–Trinajstić information content (AvgIpc) is 2.92. The molecule has 0 aromatic carbocycles. The van der Waals surface area contributed by atoms with Gasteiger partial charge < -0.3 is 20.4 Å². The second-order valence-electron chi connectivity index (χ2n) is 7.98. The number of piperazine rings is 1. The highest BCUT2D eigenvalue weighted by Gasteiger charge is 2.43. The lowest BCUT2D eigenvalue weighted by Crippen LogP contribution is -2.46. The standard InChI is InChI=1S/C20H30N6O3/c1-4-24-9-11-25(12-10-24)16-6-5-15(13-21-16)14-22-17(27)7-8-26-18(28)20(2,3)23-19(26)29/h5-6,13H,4,7-12,14H2,1-3H3,(H,22,27)(H,23,29). The number of nitrogens with one attached hydrogen (secondary N) is 2. The summed E-state index contributed by atoms with van der Waals surface area (Å²) in [5.41, 5.74) is -0.00475. The third kappa shape index (κ3) is 5.03. The van der Waals surface area contributed by atoms with Crippen molar-refractivity contribution in [3.05, 3.63) is 23.9 Å². The fraction of sp³-hybridized carbons (Fsp3) is 0.600. The van der Waals surface area contributed by atoms with Gasteiger partial charge in [-0.1, -0.05) is 13.0 Å². The predicted molar refractivity (Wildman–Crippen MR) is 109 cm³/mol. The van der Waals surface area contributed by atoms with Gasteiger partial charge in [0.05, 0.1) is 0 Å². The summed E-state index contributed by atoms with van der Waals surface area (Å²) < 4.78 is 0. The Balaban J connectivity index is 1.42. The molecule has 9 heteroatoms. The van der Waals surface area contributed by atoms with Crippen LogP contribution in [0, 0.1) is 0 Å². The van der Waals surface area contributed by atoms with E-state index in [1.165, 1.54) is 0 Å². The highest BCUT2D eigenvalue weighted by molar-refractivity contribution is 6.06. The molecule has 3 rings (SSSR count). The predicted octanol–water partition coefficient (Wildman–Crippen LogP) is 0.560. The van der Waals surface area contributed by atoms with Crippen LogP contribution in [0.2, 0.25) is 0 Å². The van der Waals surface area contributed by atoms with Crippen molar-refractivity contribution < 1.29 is 14.4 Å². The van der Waals surface area contributed by atoms with Crippen molar-refractivity contribution in [2.45, 2.75) is 39.3 Å².